The Bertz CT molecular complexity index is 349. The van der Waals surface area contributed by atoms with Gasteiger partial charge < -0.3 is 4.90 Å². The molecule has 3 nitrogen and oxygen atoms in total. The van der Waals surface area contributed by atoms with Crippen molar-refractivity contribution in [2.45, 2.75) is 11.8 Å². The van der Waals surface area contributed by atoms with E-state index in [4.69, 9.17) is 0 Å². The first-order chi connectivity index (χ1) is 7.50. The van der Waals surface area contributed by atoms with Crippen LogP contribution in [0.15, 0.2) is 29.2 Å². The zero-order valence-corrected chi connectivity index (χ0v) is 11.3. The van der Waals surface area contributed by atoms with E-state index in [0.29, 0.717) is 0 Å². The SMILES string of the molecule is Cc1ccc(S(=O)N(C)CCN(C)C)cc1. The third-order valence-corrected chi connectivity index (χ3v) is 3.79. The number of likely N-dealkylation sites (N-methyl/N-ethyl adjacent to an activating group) is 2. The van der Waals surface area contributed by atoms with Gasteiger partial charge in [0.1, 0.15) is 11.0 Å². The van der Waals surface area contributed by atoms with Gasteiger partial charge in [-0.15, -0.1) is 0 Å². The van der Waals surface area contributed by atoms with Gasteiger partial charge in [0.25, 0.3) is 0 Å². The van der Waals surface area contributed by atoms with Crippen LogP contribution in [0.5, 0.6) is 0 Å². The Hall–Kier alpha value is -0.710. The van der Waals surface area contributed by atoms with E-state index in [1.165, 1.54) is 5.56 Å². The van der Waals surface area contributed by atoms with Crippen molar-refractivity contribution in [1.29, 1.82) is 0 Å². The first-order valence-electron chi connectivity index (χ1n) is 5.35. The minimum atomic E-state index is -1.05. The molecule has 0 aliphatic carbocycles. The number of rotatable bonds is 5. The van der Waals surface area contributed by atoms with Gasteiger partial charge in [0, 0.05) is 20.1 Å². The largest absolute Gasteiger partial charge is 0.308 e. The van der Waals surface area contributed by atoms with Crippen LogP contribution >= 0.6 is 0 Å². The van der Waals surface area contributed by atoms with E-state index in [0.717, 1.165) is 18.0 Å². The summed E-state index contributed by atoms with van der Waals surface area (Å²) in [7, 11) is 4.88. The van der Waals surface area contributed by atoms with E-state index in [1.807, 2.05) is 56.6 Å². The quantitative estimate of drug-likeness (QED) is 0.779. The fourth-order valence-electron chi connectivity index (χ4n) is 1.26. The Kier molecular flexibility index (Phi) is 5.12. The molecule has 0 aromatic heterocycles. The summed E-state index contributed by atoms with van der Waals surface area (Å²) in [4.78, 5) is 2.95. The van der Waals surface area contributed by atoms with E-state index >= 15 is 0 Å². The minimum absolute atomic E-state index is 0.799. The molecule has 1 aromatic rings. The molecule has 4 heteroatoms. The fourth-order valence-corrected chi connectivity index (χ4v) is 2.23. The molecule has 0 saturated heterocycles. The van der Waals surface area contributed by atoms with Gasteiger partial charge in [0.15, 0.2) is 0 Å². The molecule has 0 heterocycles. The lowest BCUT2D eigenvalue weighted by atomic mass is 10.2. The van der Waals surface area contributed by atoms with E-state index < -0.39 is 11.0 Å². The highest BCUT2D eigenvalue weighted by atomic mass is 32.2. The lowest BCUT2D eigenvalue weighted by Crippen LogP contribution is -2.30. The van der Waals surface area contributed by atoms with Crippen molar-refractivity contribution in [2.24, 2.45) is 0 Å². The normalized spacial score (nSPS) is 13.4. The number of nitrogens with zero attached hydrogens (tertiary/aromatic N) is 2. The third kappa shape index (κ3) is 4.04. The average molecular weight is 240 g/mol. The second kappa shape index (κ2) is 6.13. The highest BCUT2D eigenvalue weighted by Gasteiger charge is 2.10. The maximum Gasteiger partial charge on any atom is 0.127 e. The number of hydrogen-bond acceptors (Lipinski definition) is 2. The predicted octanol–water partition coefficient (Wildman–Crippen LogP) is 1.51. The molecule has 0 aliphatic heterocycles. The molecule has 1 rings (SSSR count). The zero-order valence-electron chi connectivity index (χ0n) is 10.4. The predicted molar refractivity (Wildman–Crippen MR) is 68.8 cm³/mol. The topological polar surface area (TPSA) is 23.6 Å². The molecule has 1 aromatic carbocycles. The highest BCUT2D eigenvalue weighted by Crippen LogP contribution is 2.10. The van der Waals surface area contributed by atoms with Crippen LogP contribution in [-0.4, -0.2) is 47.6 Å². The van der Waals surface area contributed by atoms with E-state index in [9.17, 15) is 4.21 Å². The molecule has 0 fully saturated rings. The minimum Gasteiger partial charge on any atom is -0.308 e. The summed E-state index contributed by atoms with van der Waals surface area (Å²) in [6.07, 6.45) is 0. The Morgan fingerprint density at radius 3 is 2.12 bits per heavy atom. The van der Waals surface area contributed by atoms with Crippen molar-refractivity contribution in [3.8, 4) is 0 Å². The number of hydrogen-bond donors (Lipinski definition) is 0. The van der Waals surface area contributed by atoms with Crippen LogP contribution in [0.4, 0.5) is 0 Å². The van der Waals surface area contributed by atoms with Gasteiger partial charge in [-0.2, -0.15) is 0 Å². The van der Waals surface area contributed by atoms with Crippen LogP contribution in [0, 0.1) is 6.92 Å². The van der Waals surface area contributed by atoms with Crippen molar-refractivity contribution >= 4 is 11.0 Å². The molecular formula is C12H20N2OS. The summed E-state index contributed by atoms with van der Waals surface area (Å²) >= 11 is 0. The molecule has 90 valence electrons. The first-order valence-corrected chi connectivity index (χ1v) is 6.46. The molecule has 0 amide bonds. The van der Waals surface area contributed by atoms with E-state index in [2.05, 4.69) is 4.90 Å². The lowest BCUT2D eigenvalue weighted by molar-refractivity contribution is 0.367. The number of benzene rings is 1. The molecule has 0 saturated carbocycles. The smallest absolute Gasteiger partial charge is 0.127 e. The summed E-state index contributed by atoms with van der Waals surface area (Å²) in [6, 6.07) is 7.84. The molecule has 1 unspecified atom stereocenters. The zero-order chi connectivity index (χ0) is 12.1. The Labute approximate surface area is 101 Å². The molecule has 1 atom stereocenters. The third-order valence-electron chi connectivity index (χ3n) is 2.37. The van der Waals surface area contributed by atoms with Gasteiger partial charge in [-0.1, -0.05) is 17.7 Å². The molecular weight excluding hydrogens is 220 g/mol. The van der Waals surface area contributed by atoms with Gasteiger partial charge in [0.2, 0.25) is 0 Å². The Morgan fingerprint density at radius 2 is 1.62 bits per heavy atom. The molecule has 0 spiro atoms. The second-order valence-electron chi connectivity index (χ2n) is 4.22. The van der Waals surface area contributed by atoms with Crippen LogP contribution < -0.4 is 0 Å². The first kappa shape index (κ1) is 13.4. The summed E-state index contributed by atoms with van der Waals surface area (Å²) in [5.74, 6) is 0. The van der Waals surface area contributed by atoms with Crippen LogP contribution in [0.2, 0.25) is 0 Å². The van der Waals surface area contributed by atoms with Crippen LogP contribution in [-0.2, 0) is 11.0 Å². The molecule has 0 aliphatic rings. The van der Waals surface area contributed by atoms with Crippen LogP contribution in [0.1, 0.15) is 5.56 Å². The monoisotopic (exact) mass is 240 g/mol. The summed E-state index contributed by atoms with van der Waals surface area (Å²) in [6.45, 7) is 3.74. The molecule has 0 N–H and O–H groups in total. The van der Waals surface area contributed by atoms with Crippen LogP contribution in [0.3, 0.4) is 0 Å². The maximum absolute atomic E-state index is 12.1. The standard InChI is InChI=1S/C12H20N2OS/c1-11-5-7-12(8-6-11)16(15)14(4)10-9-13(2)3/h5-8H,9-10H2,1-4H3. The number of aryl methyl sites for hydroxylation is 1. The highest BCUT2D eigenvalue weighted by molar-refractivity contribution is 7.82. The van der Waals surface area contributed by atoms with Crippen molar-refractivity contribution in [2.75, 3.05) is 34.2 Å². The van der Waals surface area contributed by atoms with Gasteiger partial charge in [0.05, 0.1) is 4.90 Å². The molecule has 0 radical (unpaired) electrons. The van der Waals surface area contributed by atoms with Crippen LogP contribution in [0.25, 0.3) is 0 Å². The summed E-state index contributed by atoms with van der Waals surface area (Å²) < 4.78 is 14.0. The van der Waals surface area contributed by atoms with Crippen molar-refractivity contribution in [3.63, 3.8) is 0 Å². The van der Waals surface area contributed by atoms with Gasteiger partial charge >= 0.3 is 0 Å². The van der Waals surface area contributed by atoms with E-state index in [1.54, 1.807) is 0 Å². The van der Waals surface area contributed by atoms with Gasteiger partial charge in [-0.25, -0.2) is 8.51 Å². The summed E-state index contributed by atoms with van der Waals surface area (Å²) in [5, 5.41) is 0. The average Bonchev–Trinajstić information content (AvgIpc) is 2.26. The lowest BCUT2D eigenvalue weighted by Gasteiger charge is -2.18. The Morgan fingerprint density at radius 1 is 1.06 bits per heavy atom. The Balaban J connectivity index is 2.60. The second-order valence-corrected chi connectivity index (χ2v) is 5.81. The fraction of sp³-hybridized carbons (Fsp3) is 0.500. The maximum atomic E-state index is 12.1. The molecule has 16 heavy (non-hydrogen) atoms. The van der Waals surface area contributed by atoms with E-state index in [-0.39, 0.29) is 0 Å². The van der Waals surface area contributed by atoms with Crippen molar-refractivity contribution in [1.82, 2.24) is 9.21 Å². The van der Waals surface area contributed by atoms with Crippen molar-refractivity contribution < 1.29 is 4.21 Å². The van der Waals surface area contributed by atoms with Gasteiger partial charge in [-0.3, -0.25) is 0 Å². The van der Waals surface area contributed by atoms with Crippen molar-refractivity contribution in [3.05, 3.63) is 29.8 Å². The van der Waals surface area contributed by atoms with Gasteiger partial charge in [-0.05, 0) is 33.2 Å². The molecule has 0 bridgehead atoms. The summed E-state index contributed by atoms with van der Waals surface area (Å²) in [5.41, 5.74) is 1.19.